The highest BCUT2D eigenvalue weighted by Gasteiger charge is 2.42. The van der Waals surface area contributed by atoms with Crippen molar-refractivity contribution in [1.29, 1.82) is 0 Å². The van der Waals surface area contributed by atoms with Gasteiger partial charge in [0, 0.05) is 6.08 Å². The lowest BCUT2D eigenvalue weighted by atomic mass is 9.96. The Labute approximate surface area is 133 Å². The Morgan fingerprint density at radius 3 is 2.82 bits per heavy atom. The normalized spacial score (nSPS) is 34.2. The number of carbonyl (C=O) groups is 2. The van der Waals surface area contributed by atoms with Gasteiger partial charge in [0.2, 0.25) is 5.91 Å². The van der Waals surface area contributed by atoms with E-state index < -0.39 is 0 Å². The van der Waals surface area contributed by atoms with Gasteiger partial charge in [-0.05, 0) is 37.5 Å². The zero-order chi connectivity index (χ0) is 16.3. The van der Waals surface area contributed by atoms with E-state index in [0.29, 0.717) is 11.8 Å². The summed E-state index contributed by atoms with van der Waals surface area (Å²) in [5, 5.41) is 2.95. The van der Waals surface area contributed by atoms with Gasteiger partial charge in [-0.3, -0.25) is 4.79 Å². The summed E-state index contributed by atoms with van der Waals surface area (Å²) in [4.78, 5) is 23.9. The number of rotatable bonds is 7. The molecule has 5 atom stereocenters. The molecule has 1 aliphatic carbocycles. The van der Waals surface area contributed by atoms with Gasteiger partial charge in [0.25, 0.3) is 0 Å². The van der Waals surface area contributed by atoms with Gasteiger partial charge in [-0.1, -0.05) is 39.7 Å². The van der Waals surface area contributed by atoms with Crippen molar-refractivity contribution in [2.24, 2.45) is 23.7 Å². The largest absolute Gasteiger partial charge is 0.456 e. The number of ether oxygens (including phenoxy) is 1. The van der Waals surface area contributed by atoms with Crippen molar-refractivity contribution in [3.63, 3.8) is 0 Å². The van der Waals surface area contributed by atoms with Crippen molar-refractivity contribution in [1.82, 2.24) is 5.32 Å². The van der Waals surface area contributed by atoms with Crippen LogP contribution in [0.1, 0.15) is 53.4 Å². The van der Waals surface area contributed by atoms with Crippen LogP contribution in [-0.4, -0.2) is 24.0 Å². The molecular weight excluding hydrogens is 278 g/mol. The molecular formula is C18H29NO3. The van der Waals surface area contributed by atoms with Gasteiger partial charge in [0.1, 0.15) is 6.10 Å². The van der Waals surface area contributed by atoms with Gasteiger partial charge >= 0.3 is 5.97 Å². The standard InChI is InChI=1S/C18H29NO3/c1-5-6-13-10-14(13)7-8-16(20)22-17-12(4)18(21)19-15(17)9-11(2)3/h7-8,11-15,17H,5-6,9-10H2,1-4H3,(H,19,21). The fourth-order valence-corrected chi connectivity index (χ4v) is 3.36. The van der Waals surface area contributed by atoms with E-state index in [9.17, 15) is 9.59 Å². The van der Waals surface area contributed by atoms with Crippen LogP contribution in [0.25, 0.3) is 0 Å². The molecule has 0 aromatic carbocycles. The maximum absolute atomic E-state index is 12.0. The smallest absolute Gasteiger partial charge is 0.330 e. The first-order chi connectivity index (χ1) is 10.4. The zero-order valence-corrected chi connectivity index (χ0v) is 14.2. The summed E-state index contributed by atoms with van der Waals surface area (Å²) in [6, 6.07) is -0.0615. The second-order valence-corrected chi connectivity index (χ2v) is 7.24. The maximum Gasteiger partial charge on any atom is 0.330 e. The Kier molecular flexibility index (Phi) is 5.65. The van der Waals surface area contributed by atoms with E-state index in [1.165, 1.54) is 19.3 Å². The summed E-state index contributed by atoms with van der Waals surface area (Å²) in [6.07, 6.45) is 7.64. The van der Waals surface area contributed by atoms with Crippen LogP contribution in [0.4, 0.5) is 0 Å². The fraction of sp³-hybridized carbons (Fsp3) is 0.778. The van der Waals surface area contributed by atoms with Crippen molar-refractivity contribution in [2.45, 2.75) is 65.5 Å². The number of allylic oxidation sites excluding steroid dienone is 1. The van der Waals surface area contributed by atoms with E-state index in [0.717, 1.165) is 12.3 Å². The lowest BCUT2D eigenvalue weighted by Gasteiger charge is -2.22. The average molecular weight is 307 g/mol. The van der Waals surface area contributed by atoms with Crippen molar-refractivity contribution in [3.05, 3.63) is 12.2 Å². The molecule has 0 bridgehead atoms. The van der Waals surface area contributed by atoms with E-state index >= 15 is 0 Å². The van der Waals surface area contributed by atoms with Crippen LogP contribution in [0.3, 0.4) is 0 Å². The average Bonchev–Trinajstić information content (AvgIpc) is 3.13. The third kappa shape index (κ3) is 4.34. The highest BCUT2D eigenvalue weighted by atomic mass is 16.5. The zero-order valence-electron chi connectivity index (χ0n) is 14.2. The van der Waals surface area contributed by atoms with Crippen LogP contribution in [0.2, 0.25) is 0 Å². The minimum absolute atomic E-state index is 0.0161. The van der Waals surface area contributed by atoms with Crippen LogP contribution in [0.15, 0.2) is 12.2 Å². The Bertz CT molecular complexity index is 444. The molecule has 22 heavy (non-hydrogen) atoms. The molecule has 1 saturated carbocycles. The molecule has 0 spiro atoms. The maximum atomic E-state index is 12.0. The summed E-state index contributed by atoms with van der Waals surface area (Å²) >= 11 is 0. The summed E-state index contributed by atoms with van der Waals surface area (Å²) < 4.78 is 5.57. The summed E-state index contributed by atoms with van der Waals surface area (Å²) in [7, 11) is 0. The second-order valence-electron chi connectivity index (χ2n) is 7.24. The van der Waals surface area contributed by atoms with Crippen LogP contribution in [-0.2, 0) is 14.3 Å². The lowest BCUT2D eigenvalue weighted by molar-refractivity contribution is -0.146. The monoisotopic (exact) mass is 307 g/mol. The summed E-state index contributed by atoms with van der Waals surface area (Å²) in [5.41, 5.74) is 0. The van der Waals surface area contributed by atoms with Crippen LogP contribution < -0.4 is 5.32 Å². The van der Waals surface area contributed by atoms with E-state index in [-0.39, 0.29) is 29.9 Å². The van der Waals surface area contributed by atoms with Gasteiger partial charge in [0.05, 0.1) is 12.0 Å². The van der Waals surface area contributed by atoms with E-state index in [1.807, 2.05) is 13.0 Å². The molecule has 0 aromatic rings. The van der Waals surface area contributed by atoms with E-state index in [2.05, 4.69) is 26.1 Å². The summed E-state index contributed by atoms with van der Waals surface area (Å²) in [5.74, 6) is 1.14. The Morgan fingerprint density at radius 2 is 2.18 bits per heavy atom. The van der Waals surface area contributed by atoms with Gasteiger partial charge < -0.3 is 10.1 Å². The van der Waals surface area contributed by atoms with Gasteiger partial charge in [-0.15, -0.1) is 0 Å². The van der Waals surface area contributed by atoms with Gasteiger partial charge in [-0.2, -0.15) is 0 Å². The Balaban J connectivity index is 1.86. The van der Waals surface area contributed by atoms with Crippen molar-refractivity contribution in [2.75, 3.05) is 0 Å². The molecule has 5 unspecified atom stereocenters. The number of esters is 1. The molecule has 2 rings (SSSR count). The van der Waals surface area contributed by atoms with Crippen molar-refractivity contribution >= 4 is 11.9 Å². The molecule has 1 aliphatic heterocycles. The molecule has 1 N–H and O–H groups in total. The van der Waals surface area contributed by atoms with Crippen LogP contribution >= 0.6 is 0 Å². The predicted molar refractivity (Wildman–Crippen MR) is 86.1 cm³/mol. The van der Waals surface area contributed by atoms with Crippen LogP contribution in [0.5, 0.6) is 0 Å². The number of hydrogen-bond donors (Lipinski definition) is 1. The second kappa shape index (κ2) is 7.30. The quantitative estimate of drug-likeness (QED) is 0.581. The molecule has 4 heteroatoms. The van der Waals surface area contributed by atoms with Crippen molar-refractivity contribution in [3.8, 4) is 0 Å². The Morgan fingerprint density at radius 1 is 1.45 bits per heavy atom. The highest BCUT2D eigenvalue weighted by molar-refractivity contribution is 5.85. The van der Waals surface area contributed by atoms with E-state index in [1.54, 1.807) is 6.08 Å². The minimum atomic E-state index is -0.349. The molecule has 1 amide bonds. The number of hydrogen-bond acceptors (Lipinski definition) is 3. The molecule has 0 radical (unpaired) electrons. The van der Waals surface area contributed by atoms with E-state index in [4.69, 9.17) is 4.74 Å². The third-order valence-electron chi connectivity index (χ3n) is 4.72. The minimum Gasteiger partial charge on any atom is -0.456 e. The lowest BCUT2D eigenvalue weighted by Crippen LogP contribution is -2.36. The van der Waals surface area contributed by atoms with Gasteiger partial charge in [0.15, 0.2) is 0 Å². The van der Waals surface area contributed by atoms with Gasteiger partial charge in [-0.25, -0.2) is 4.79 Å². The Hall–Kier alpha value is -1.32. The highest BCUT2D eigenvalue weighted by Crippen LogP contribution is 2.42. The molecule has 0 aromatic heterocycles. The number of carbonyl (C=O) groups excluding carboxylic acids is 2. The molecule has 4 nitrogen and oxygen atoms in total. The predicted octanol–water partition coefficient (Wildman–Crippen LogP) is 3.07. The van der Waals surface area contributed by atoms with Crippen LogP contribution in [0, 0.1) is 23.7 Å². The first-order valence-electron chi connectivity index (χ1n) is 8.61. The topological polar surface area (TPSA) is 55.4 Å². The summed E-state index contributed by atoms with van der Waals surface area (Å²) in [6.45, 7) is 8.23. The SMILES string of the molecule is CCCC1CC1C=CC(=O)OC1C(CC(C)C)NC(=O)C1C. The van der Waals surface area contributed by atoms with Crippen molar-refractivity contribution < 1.29 is 14.3 Å². The molecule has 1 heterocycles. The fourth-order valence-electron chi connectivity index (χ4n) is 3.36. The molecule has 124 valence electrons. The number of amides is 1. The molecule has 1 saturated heterocycles. The first kappa shape index (κ1) is 17.0. The first-order valence-corrected chi connectivity index (χ1v) is 8.61. The molecule has 2 fully saturated rings. The molecule has 2 aliphatic rings. The third-order valence-corrected chi connectivity index (χ3v) is 4.72. The number of nitrogens with one attached hydrogen (secondary N) is 1.